The van der Waals surface area contributed by atoms with E-state index in [0.29, 0.717) is 28.9 Å². The molecule has 0 aliphatic heterocycles. The molecule has 1 aliphatic carbocycles. The largest absolute Gasteiger partial charge is 0.298 e. The molecular weight excluding hydrogens is 597 g/mol. The molecule has 5 aromatic carbocycles. The molecule has 2 aromatic heterocycles. The Bertz CT molecular complexity index is 2290. The van der Waals surface area contributed by atoms with Crippen LogP contribution < -0.4 is 0 Å². The second-order valence-electron chi connectivity index (χ2n) is 11.1. The second kappa shape index (κ2) is 12.0. The molecule has 6 nitrogen and oxygen atoms in total. The highest BCUT2D eigenvalue weighted by atomic mass is 32.1. The summed E-state index contributed by atoms with van der Waals surface area (Å²) in [4.78, 5) is 19.8. The standard InChI is InChI=1S/C40H26N6S/c41-35-33(46-47)24-23-32-34(35)31-18-10-17-30(37(31)42-36(32)26-11-4-1-5-12-26)25-19-21-29(22-20-25)40-44-38(27-13-6-2-7-14-27)43-39(45-40)28-15-8-3-9-16-28/h1-24,41,47H/b41-35?,46-33-. The van der Waals surface area contributed by atoms with Crippen molar-refractivity contribution in [1.82, 2.24) is 19.9 Å². The van der Waals surface area contributed by atoms with Crippen molar-refractivity contribution < 1.29 is 0 Å². The molecule has 0 bridgehead atoms. The number of benzene rings is 5. The molecule has 8 rings (SSSR count). The van der Waals surface area contributed by atoms with E-state index in [1.54, 1.807) is 0 Å². The van der Waals surface area contributed by atoms with E-state index < -0.39 is 0 Å². The zero-order chi connectivity index (χ0) is 31.7. The number of pyridine rings is 1. The summed E-state index contributed by atoms with van der Waals surface area (Å²) in [6.45, 7) is 0. The molecular formula is C40H26N6S. The highest BCUT2D eigenvalue weighted by Gasteiger charge is 2.24. The molecule has 47 heavy (non-hydrogen) atoms. The van der Waals surface area contributed by atoms with Gasteiger partial charge >= 0.3 is 0 Å². The Kier molecular flexibility index (Phi) is 7.28. The summed E-state index contributed by atoms with van der Waals surface area (Å²) in [7, 11) is 0. The average Bonchev–Trinajstić information content (AvgIpc) is 3.15. The van der Waals surface area contributed by atoms with Gasteiger partial charge in [-0.15, -0.1) is 0 Å². The van der Waals surface area contributed by atoms with Crippen LogP contribution in [0.3, 0.4) is 0 Å². The summed E-state index contributed by atoms with van der Waals surface area (Å²) >= 11 is 4.14. The Balaban J connectivity index is 1.27. The smallest absolute Gasteiger partial charge is 0.164 e. The van der Waals surface area contributed by atoms with Gasteiger partial charge in [-0.3, -0.25) is 5.41 Å². The van der Waals surface area contributed by atoms with Crippen LogP contribution in [-0.2, 0) is 0 Å². The van der Waals surface area contributed by atoms with Crippen molar-refractivity contribution in [1.29, 1.82) is 5.41 Å². The van der Waals surface area contributed by atoms with Gasteiger partial charge in [0.25, 0.3) is 0 Å². The predicted molar refractivity (Wildman–Crippen MR) is 195 cm³/mol. The van der Waals surface area contributed by atoms with Gasteiger partial charge in [0.05, 0.1) is 22.6 Å². The van der Waals surface area contributed by atoms with Gasteiger partial charge in [0.1, 0.15) is 0 Å². The third kappa shape index (κ3) is 5.22. The summed E-state index contributed by atoms with van der Waals surface area (Å²) in [5.41, 5.74) is 9.86. The number of aromatic nitrogens is 4. The van der Waals surface area contributed by atoms with Gasteiger partial charge in [0, 0.05) is 44.3 Å². The fourth-order valence-electron chi connectivity index (χ4n) is 5.98. The molecule has 0 fully saturated rings. The lowest BCUT2D eigenvalue weighted by molar-refractivity contribution is 1.07. The Hall–Kier alpha value is -6.05. The maximum absolute atomic E-state index is 9.05. The van der Waals surface area contributed by atoms with Crippen LogP contribution in [0.25, 0.3) is 73.5 Å². The number of para-hydroxylation sites is 1. The third-order valence-electron chi connectivity index (χ3n) is 8.28. The lowest BCUT2D eigenvalue weighted by Gasteiger charge is -2.20. The molecule has 2 heterocycles. The number of fused-ring (bicyclic) bond motifs is 3. The minimum atomic E-state index is 0.327. The van der Waals surface area contributed by atoms with Crippen molar-refractivity contribution in [3.05, 3.63) is 151 Å². The Morgan fingerprint density at radius 1 is 0.489 bits per heavy atom. The van der Waals surface area contributed by atoms with Crippen molar-refractivity contribution >= 4 is 41.2 Å². The summed E-state index contributed by atoms with van der Waals surface area (Å²) in [6.07, 6.45) is 3.81. The van der Waals surface area contributed by atoms with Crippen molar-refractivity contribution in [2.75, 3.05) is 0 Å². The summed E-state index contributed by atoms with van der Waals surface area (Å²) in [5, 5.41) is 9.94. The first kappa shape index (κ1) is 28.4. The van der Waals surface area contributed by atoms with Crippen LogP contribution in [0.15, 0.2) is 144 Å². The fourth-order valence-corrected chi connectivity index (χ4v) is 6.14. The van der Waals surface area contributed by atoms with Gasteiger partial charge in [0.15, 0.2) is 17.5 Å². The number of thiol groups is 1. The Morgan fingerprint density at radius 2 is 1.00 bits per heavy atom. The fraction of sp³-hybridized carbons (Fsp3) is 0. The monoisotopic (exact) mass is 622 g/mol. The topological polar surface area (TPSA) is 87.8 Å². The van der Waals surface area contributed by atoms with E-state index in [1.807, 2.05) is 127 Å². The Labute approximate surface area is 277 Å². The maximum atomic E-state index is 9.05. The SMILES string of the molecule is N=C1/C(=N\S)C=Cc2c(-c3ccccc3)nc3c(-c4ccc(-c5nc(-c6ccccc6)nc(-c6ccccc6)n5)cc4)cccc3c21. The number of nitrogens with one attached hydrogen (secondary N) is 1. The van der Waals surface area contributed by atoms with Crippen LogP contribution in [0.1, 0.15) is 11.1 Å². The molecule has 0 spiro atoms. The van der Waals surface area contributed by atoms with E-state index in [2.05, 4.69) is 35.4 Å². The quantitative estimate of drug-likeness (QED) is 0.187. The van der Waals surface area contributed by atoms with Gasteiger partial charge in [-0.25, -0.2) is 24.3 Å². The zero-order valence-corrected chi connectivity index (χ0v) is 25.9. The zero-order valence-electron chi connectivity index (χ0n) is 25.0. The minimum absolute atomic E-state index is 0.327. The molecule has 7 aromatic rings. The second-order valence-corrected chi connectivity index (χ2v) is 11.3. The highest BCUT2D eigenvalue weighted by Crippen LogP contribution is 2.38. The van der Waals surface area contributed by atoms with E-state index in [4.69, 9.17) is 25.3 Å². The van der Waals surface area contributed by atoms with Gasteiger partial charge < -0.3 is 0 Å². The summed E-state index contributed by atoms with van der Waals surface area (Å²) < 4.78 is 4.07. The number of nitrogens with zero attached hydrogens (tertiary/aromatic N) is 5. The molecule has 7 heteroatoms. The van der Waals surface area contributed by atoms with Crippen molar-refractivity contribution in [2.24, 2.45) is 4.40 Å². The Morgan fingerprint density at radius 3 is 1.55 bits per heavy atom. The van der Waals surface area contributed by atoms with Crippen LogP contribution in [0.5, 0.6) is 0 Å². The van der Waals surface area contributed by atoms with Gasteiger partial charge in [-0.2, -0.15) is 0 Å². The lowest BCUT2D eigenvalue weighted by atomic mass is 9.87. The first-order valence-corrected chi connectivity index (χ1v) is 15.6. The van der Waals surface area contributed by atoms with Crippen molar-refractivity contribution in [2.45, 2.75) is 0 Å². The van der Waals surface area contributed by atoms with Crippen LogP contribution in [0, 0.1) is 5.41 Å². The normalized spacial score (nSPS) is 13.2. The van der Waals surface area contributed by atoms with Crippen molar-refractivity contribution in [3.8, 4) is 56.5 Å². The molecule has 1 aliphatic rings. The number of hydrogen-bond acceptors (Lipinski definition) is 7. The van der Waals surface area contributed by atoms with E-state index in [0.717, 1.165) is 61.1 Å². The first-order valence-electron chi connectivity index (χ1n) is 15.2. The third-order valence-corrected chi connectivity index (χ3v) is 8.49. The molecule has 0 saturated carbocycles. The van der Waals surface area contributed by atoms with Crippen molar-refractivity contribution in [3.63, 3.8) is 0 Å². The molecule has 0 amide bonds. The molecule has 0 unspecified atom stereocenters. The summed E-state index contributed by atoms with van der Waals surface area (Å²) in [6, 6.07) is 44.4. The molecule has 1 N–H and O–H groups in total. The first-order chi connectivity index (χ1) is 23.2. The van der Waals surface area contributed by atoms with Gasteiger partial charge in [-0.1, -0.05) is 133 Å². The molecule has 0 radical (unpaired) electrons. The van der Waals surface area contributed by atoms with Gasteiger partial charge in [0.2, 0.25) is 0 Å². The predicted octanol–water partition coefficient (Wildman–Crippen LogP) is 9.44. The number of hydrogen-bond donors (Lipinski definition) is 2. The van der Waals surface area contributed by atoms with Crippen LogP contribution in [-0.4, -0.2) is 31.4 Å². The van der Waals surface area contributed by atoms with Crippen LogP contribution in [0.2, 0.25) is 0 Å². The molecule has 222 valence electrons. The van der Waals surface area contributed by atoms with E-state index in [1.165, 1.54) is 0 Å². The van der Waals surface area contributed by atoms with E-state index in [-0.39, 0.29) is 0 Å². The van der Waals surface area contributed by atoms with E-state index in [9.17, 15) is 0 Å². The maximum Gasteiger partial charge on any atom is 0.164 e. The minimum Gasteiger partial charge on any atom is -0.298 e. The summed E-state index contributed by atoms with van der Waals surface area (Å²) in [5.74, 6) is 1.84. The molecule has 0 saturated heterocycles. The number of rotatable bonds is 5. The average molecular weight is 623 g/mol. The number of allylic oxidation sites excluding steroid dienone is 1. The van der Waals surface area contributed by atoms with Gasteiger partial charge in [-0.05, 0) is 30.5 Å². The van der Waals surface area contributed by atoms with E-state index >= 15 is 0 Å². The highest BCUT2D eigenvalue weighted by molar-refractivity contribution is 7.79. The van der Waals surface area contributed by atoms with Crippen LogP contribution in [0.4, 0.5) is 0 Å². The lowest BCUT2D eigenvalue weighted by Crippen LogP contribution is -2.18. The van der Waals surface area contributed by atoms with Crippen LogP contribution >= 0.6 is 12.8 Å². The molecule has 0 atom stereocenters.